The van der Waals surface area contributed by atoms with Gasteiger partial charge < -0.3 is 20.5 Å². The summed E-state index contributed by atoms with van der Waals surface area (Å²) in [5.74, 6) is -0.201. The van der Waals surface area contributed by atoms with Crippen LogP contribution in [0.3, 0.4) is 0 Å². The van der Waals surface area contributed by atoms with Crippen molar-refractivity contribution in [3.05, 3.63) is 16.6 Å². The number of alkyl carbamates (subject to hydrolysis) is 1. The summed E-state index contributed by atoms with van der Waals surface area (Å²) in [7, 11) is 0. The van der Waals surface area contributed by atoms with Crippen molar-refractivity contribution in [2.75, 3.05) is 19.6 Å². The van der Waals surface area contributed by atoms with E-state index < -0.39 is 17.3 Å². The molecule has 0 atom stereocenters. The van der Waals surface area contributed by atoms with Crippen molar-refractivity contribution in [3.8, 4) is 0 Å². The van der Waals surface area contributed by atoms with Crippen molar-refractivity contribution in [3.63, 3.8) is 0 Å². The van der Waals surface area contributed by atoms with E-state index in [1.165, 1.54) is 11.3 Å². The molecular weight excluding hydrogens is 380 g/mol. The molecule has 1 aromatic rings. The molecule has 1 aliphatic carbocycles. The van der Waals surface area contributed by atoms with Crippen molar-refractivity contribution in [2.45, 2.75) is 69.7 Å². The van der Waals surface area contributed by atoms with E-state index >= 15 is 0 Å². The van der Waals surface area contributed by atoms with Crippen LogP contribution in [0.15, 0.2) is 11.7 Å². The number of amides is 2. The van der Waals surface area contributed by atoms with E-state index in [2.05, 4.69) is 20.5 Å². The van der Waals surface area contributed by atoms with Crippen LogP contribution < -0.4 is 10.6 Å². The second-order valence-corrected chi connectivity index (χ2v) is 9.56. The van der Waals surface area contributed by atoms with Crippen molar-refractivity contribution in [1.29, 1.82) is 0 Å². The average Bonchev–Trinajstić information content (AvgIpc) is 3.11. The fraction of sp³-hybridized carbons (Fsp3) is 0.737. The van der Waals surface area contributed by atoms with Gasteiger partial charge in [-0.25, -0.2) is 4.79 Å². The van der Waals surface area contributed by atoms with Gasteiger partial charge in [-0.3, -0.25) is 14.7 Å². The van der Waals surface area contributed by atoms with Crippen LogP contribution >= 0.6 is 11.3 Å². The number of nitrogens with one attached hydrogen (secondary N) is 2. The van der Waals surface area contributed by atoms with E-state index in [0.717, 1.165) is 30.8 Å². The number of carbonyl (C=O) groups is 2. The molecule has 2 aliphatic rings. The summed E-state index contributed by atoms with van der Waals surface area (Å²) in [6, 6.07) is 0.579. The maximum atomic E-state index is 12.0. The van der Waals surface area contributed by atoms with Crippen molar-refractivity contribution < 1.29 is 19.4 Å². The van der Waals surface area contributed by atoms with Gasteiger partial charge in [-0.1, -0.05) is 0 Å². The Morgan fingerprint density at radius 2 is 2.04 bits per heavy atom. The molecule has 8 nitrogen and oxygen atoms in total. The molecule has 2 fully saturated rings. The number of carbonyl (C=O) groups excluding carboxylic acids is 2. The first kappa shape index (κ1) is 21.0. The summed E-state index contributed by atoms with van der Waals surface area (Å²) in [4.78, 5) is 31.0. The highest BCUT2D eigenvalue weighted by Gasteiger charge is 2.41. The Morgan fingerprint density at radius 3 is 2.61 bits per heavy atom. The number of hydrogen-bond acceptors (Lipinski definition) is 7. The van der Waals surface area contributed by atoms with E-state index in [9.17, 15) is 14.7 Å². The van der Waals surface area contributed by atoms with Gasteiger partial charge in [0.25, 0.3) is 0 Å². The molecule has 1 aliphatic heterocycles. The van der Waals surface area contributed by atoms with Gasteiger partial charge in [0.2, 0.25) is 5.91 Å². The van der Waals surface area contributed by atoms with Gasteiger partial charge in [0.15, 0.2) is 0 Å². The fourth-order valence-corrected chi connectivity index (χ4v) is 4.48. The lowest BCUT2D eigenvalue weighted by atomic mass is 9.82. The number of piperidine rings is 1. The van der Waals surface area contributed by atoms with Gasteiger partial charge >= 0.3 is 6.09 Å². The second kappa shape index (κ2) is 8.34. The van der Waals surface area contributed by atoms with E-state index in [0.29, 0.717) is 18.9 Å². The molecule has 28 heavy (non-hydrogen) atoms. The second-order valence-electron chi connectivity index (χ2n) is 8.68. The molecular formula is C19H30N4O4S. The zero-order chi connectivity index (χ0) is 20.4. The van der Waals surface area contributed by atoms with E-state index in [4.69, 9.17) is 4.74 Å². The number of aromatic nitrogens is 1. The molecule has 1 saturated heterocycles. The first-order chi connectivity index (χ1) is 13.1. The third-order valence-electron chi connectivity index (χ3n) is 5.30. The molecule has 9 heteroatoms. The molecule has 1 saturated carbocycles. The van der Waals surface area contributed by atoms with E-state index in [1.807, 2.05) is 0 Å². The van der Waals surface area contributed by atoms with Crippen LogP contribution in [0.5, 0.6) is 0 Å². The highest BCUT2D eigenvalue weighted by molar-refractivity contribution is 7.09. The minimum atomic E-state index is -0.748. The largest absolute Gasteiger partial charge is 0.444 e. The molecule has 0 aromatic carbocycles. The van der Waals surface area contributed by atoms with Crippen LogP contribution in [-0.4, -0.2) is 64.3 Å². The van der Waals surface area contributed by atoms with Crippen LogP contribution in [0.4, 0.5) is 4.79 Å². The summed E-state index contributed by atoms with van der Waals surface area (Å²) in [5.41, 5.74) is 0.432. The van der Waals surface area contributed by atoms with Crippen molar-refractivity contribution >= 4 is 23.3 Å². The predicted octanol–water partition coefficient (Wildman–Crippen LogP) is 1.60. The van der Waals surface area contributed by atoms with E-state index in [-0.39, 0.29) is 18.5 Å². The molecule has 0 spiro atoms. The number of ether oxygens (including phenoxy) is 1. The van der Waals surface area contributed by atoms with Gasteiger partial charge in [0, 0.05) is 31.4 Å². The van der Waals surface area contributed by atoms with Crippen LogP contribution in [0, 0.1) is 0 Å². The Labute approximate surface area is 169 Å². The van der Waals surface area contributed by atoms with Gasteiger partial charge in [-0.05, 0) is 46.5 Å². The third kappa shape index (κ3) is 5.42. The lowest BCUT2D eigenvalue weighted by Crippen LogP contribution is -2.57. The maximum Gasteiger partial charge on any atom is 0.408 e. The first-order valence-electron chi connectivity index (χ1n) is 9.76. The van der Waals surface area contributed by atoms with Crippen LogP contribution in [-0.2, 0) is 15.1 Å². The fourth-order valence-electron chi connectivity index (χ4n) is 3.70. The van der Waals surface area contributed by atoms with Gasteiger partial charge in [-0.15, -0.1) is 11.3 Å². The smallest absolute Gasteiger partial charge is 0.408 e. The maximum absolute atomic E-state index is 12.0. The molecule has 2 amide bonds. The molecule has 156 valence electrons. The van der Waals surface area contributed by atoms with Crippen molar-refractivity contribution in [1.82, 2.24) is 20.5 Å². The standard InChI is InChI=1S/C19H30N4O4S/c1-18(2,3)27-17(25)21-11-16(24)22-13-8-14(9-13)23-6-4-19(26,5-7-23)15-10-20-12-28-15/h10,12-14,26H,4-9,11H2,1-3H3,(H,21,25)(H,22,24). The Hall–Kier alpha value is -1.71. The normalized spacial score (nSPS) is 24.9. The number of nitrogens with zero attached hydrogens (tertiary/aromatic N) is 2. The Bertz CT molecular complexity index is 675. The Morgan fingerprint density at radius 1 is 1.36 bits per heavy atom. The molecule has 3 N–H and O–H groups in total. The minimum absolute atomic E-state index is 0.0817. The number of likely N-dealkylation sites (tertiary alicyclic amines) is 1. The monoisotopic (exact) mass is 410 g/mol. The summed E-state index contributed by atoms with van der Waals surface area (Å²) >= 11 is 1.51. The van der Waals surface area contributed by atoms with Crippen LogP contribution in [0.25, 0.3) is 0 Å². The number of hydrogen-bond donors (Lipinski definition) is 3. The third-order valence-corrected chi connectivity index (χ3v) is 6.27. The highest BCUT2D eigenvalue weighted by Crippen LogP contribution is 2.37. The topological polar surface area (TPSA) is 104 Å². The van der Waals surface area contributed by atoms with E-state index in [1.54, 1.807) is 32.5 Å². The summed E-state index contributed by atoms with van der Waals surface area (Å²) in [5, 5.41) is 16.2. The SMILES string of the molecule is CC(C)(C)OC(=O)NCC(=O)NC1CC(N2CCC(O)(c3cncs3)CC2)C1. The quantitative estimate of drug-likeness (QED) is 0.681. The molecule has 1 aromatic heterocycles. The van der Waals surface area contributed by atoms with Gasteiger partial charge in [0.05, 0.1) is 10.4 Å². The van der Waals surface area contributed by atoms with Gasteiger partial charge in [0.1, 0.15) is 17.7 Å². The van der Waals surface area contributed by atoms with Crippen LogP contribution in [0.2, 0.25) is 0 Å². The number of rotatable bonds is 5. The summed E-state index contributed by atoms with van der Waals surface area (Å²) < 4.78 is 5.11. The van der Waals surface area contributed by atoms with Gasteiger partial charge in [-0.2, -0.15) is 0 Å². The highest BCUT2D eigenvalue weighted by atomic mass is 32.1. The zero-order valence-corrected chi connectivity index (χ0v) is 17.6. The van der Waals surface area contributed by atoms with Crippen molar-refractivity contribution in [2.24, 2.45) is 0 Å². The Balaban J connectivity index is 1.33. The summed E-state index contributed by atoms with van der Waals surface area (Å²) in [6.07, 6.45) is 4.40. The average molecular weight is 411 g/mol. The lowest BCUT2D eigenvalue weighted by molar-refractivity contribution is -0.122. The van der Waals surface area contributed by atoms with Crippen LogP contribution in [0.1, 0.15) is 51.3 Å². The minimum Gasteiger partial charge on any atom is -0.444 e. The molecule has 3 rings (SSSR count). The lowest BCUT2D eigenvalue weighted by Gasteiger charge is -2.47. The predicted molar refractivity (Wildman–Crippen MR) is 106 cm³/mol. The number of thiazole rings is 1. The molecule has 2 heterocycles. The molecule has 0 unspecified atom stereocenters. The molecule has 0 bridgehead atoms. The summed E-state index contributed by atoms with van der Waals surface area (Å²) in [6.45, 7) is 6.95. The first-order valence-corrected chi connectivity index (χ1v) is 10.6. The zero-order valence-electron chi connectivity index (χ0n) is 16.7. The number of aliphatic hydroxyl groups is 1. The Kier molecular flexibility index (Phi) is 6.26. The molecule has 0 radical (unpaired) electrons.